The van der Waals surface area contributed by atoms with Crippen LogP contribution in [0.4, 0.5) is 5.69 Å². The molecule has 2 aromatic carbocycles. The van der Waals surface area contributed by atoms with Crippen molar-refractivity contribution < 1.29 is 9.53 Å². The molecule has 2 fully saturated rings. The van der Waals surface area contributed by atoms with Crippen molar-refractivity contribution in [3.63, 3.8) is 0 Å². The molecular weight excluding hydrogens is 433 g/mol. The average molecular weight is 466 g/mol. The van der Waals surface area contributed by atoms with Crippen molar-refractivity contribution in [3.8, 4) is 5.75 Å². The predicted octanol–water partition coefficient (Wildman–Crippen LogP) is 4.41. The van der Waals surface area contributed by atoms with Gasteiger partial charge in [0.25, 0.3) is 5.91 Å². The van der Waals surface area contributed by atoms with E-state index >= 15 is 0 Å². The maximum absolute atomic E-state index is 12.8. The minimum absolute atomic E-state index is 0. The van der Waals surface area contributed by atoms with Gasteiger partial charge in [-0.1, -0.05) is 24.3 Å². The number of ether oxygens (including phenoxy) is 1. The molecule has 1 unspecified atom stereocenters. The summed E-state index contributed by atoms with van der Waals surface area (Å²) >= 11 is 0. The second-order valence-corrected chi connectivity index (χ2v) is 8.33. The van der Waals surface area contributed by atoms with Crippen LogP contribution in [0.15, 0.2) is 48.5 Å². The number of hydrogen-bond donors (Lipinski definition) is 2. The van der Waals surface area contributed by atoms with Gasteiger partial charge in [0.05, 0.1) is 5.69 Å². The Bertz CT molecular complexity index is 818. The fraction of sp³-hybridized carbons (Fsp3) is 0.458. The van der Waals surface area contributed by atoms with Crippen LogP contribution >= 0.6 is 24.8 Å². The molecule has 170 valence electrons. The van der Waals surface area contributed by atoms with E-state index in [9.17, 15) is 4.79 Å². The smallest absolute Gasteiger partial charge is 0.255 e. The zero-order chi connectivity index (χ0) is 20.1. The molecule has 0 saturated carbocycles. The van der Waals surface area contributed by atoms with Crippen LogP contribution in [0.5, 0.6) is 5.75 Å². The minimum atomic E-state index is -0.0986. The fourth-order valence-electron chi connectivity index (χ4n) is 4.16. The summed E-state index contributed by atoms with van der Waals surface area (Å²) in [5, 5.41) is 6.44. The quantitative estimate of drug-likeness (QED) is 0.663. The summed E-state index contributed by atoms with van der Waals surface area (Å²) in [4.78, 5) is 15.1. The SMILES string of the molecule is CN1CCC(Oc2ccccc2NC(=O)c2ccc(CC3CCNC3)cc2)CC1.Cl.Cl. The van der Waals surface area contributed by atoms with Crippen LogP contribution in [0, 0.1) is 5.92 Å². The van der Waals surface area contributed by atoms with E-state index < -0.39 is 0 Å². The minimum Gasteiger partial charge on any atom is -0.488 e. The van der Waals surface area contributed by atoms with E-state index in [1.165, 1.54) is 12.0 Å². The maximum atomic E-state index is 12.8. The zero-order valence-corrected chi connectivity index (χ0v) is 19.6. The van der Waals surface area contributed by atoms with E-state index in [0.29, 0.717) is 11.5 Å². The third-order valence-corrected chi connectivity index (χ3v) is 6.00. The second kappa shape index (κ2) is 12.3. The van der Waals surface area contributed by atoms with Gasteiger partial charge in [-0.05, 0) is 81.6 Å². The molecular formula is C24H33Cl2N3O2. The summed E-state index contributed by atoms with van der Waals surface area (Å²) in [5.41, 5.74) is 2.70. The molecule has 31 heavy (non-hydrogen) atoms. The molecule has 0 spiro atoms. The van der Waals surface area contributed by atoms with Gasteiger partial charge in [-0.2, -0.15) is 0 Å². The number of carbonyl (C=O) groups is 1. The van der Waals surface area contributed by atoms with Gasteiger partial charge in [-0.3, -0.25) is 4.79 Å². The summed E-state index contributed by atoms with van der Waals surface area (Å²) in [7, 11) is 2.14. The Balaban J connectivity index is 0.00000171. The number of anilines is 1. The first-order valence-corrected chi connectivity index (χ1v) is 10.7. The number of rotatable bonds is 6. The first-order chi connectivity index (χ1) is 14.2. The van der Waals surface area contributed by atoms with Gasteiger partial charge in [0, 0.05) is 18.7 Å². The maximum Gasteiger partial charge on any atom is 0.255 e. The Morgan fingerprint density at radius 1 is 1.06 bits per heavy atom. The Hall–Kier alpha value is -1.79. The van der Waals surface area contributed by atoms with Crippen LogP contribution in [0.1, 0.15) is 35.2 Å². The molecule has 1 amide bonds. The molecule has 0 aromatic heterocycles. The number of amides is 1. The second-order valence-electron chi connectivity index (χ2n) is 8.33. The first-order valence-electron chi connectivity index (χ1n) is 10.7. The highest BCUT2D eigenvalue weighted by Gasteiger charge is 2.20. The van der Waals surface area contributed by atoms with E-state index in [4.69, 9.17) is 4.74 Å². The van der Waals surface area contributed by atoms with Crippen LogP contribution in [0.2, 0.25) is 0 Å². The molecule has 2 aliphatic heterocycles. The summed E-state index contributed by atoms with van der Waals surface area (Å²) in [6.07, 6.45) is 4.53. The molecule has 5 nitrogen and oxygen atoms in total. The molecule has 2 aromatic rings. The lowest BCUT2D eigenvalue weighted by Crippen LogP contribution is -2.35. The average Bonchev–Trinajstić information content (AvgIpc) is 3.25. The lowest BCUT2D eigenvalue weighted by molar-refractivity contribution is 0.102. The van der Waals surface area contributed by atoms with Crippen molar-refractivity contribution in [1.29, 1.82) is 0 Å². The predicted molar refractivity (Wildman–Crippen MR) is 131 cm³/mol. The first kappa shape index (κ1) is 25.5. The standard InChI is InChI=1S/C24H31N3O2.2ClH/c1-27-14-11-21(12-15-27)29-23-5-3-2-4-22(23)26-24(28)20-8-6-18(7-9-20)16-19-10-13-25-17-19;;/h2-9,19,21,25H,10-17H2,1H3,(H,26,28);2*1H. The highest BCUT2D eigenvalue weighted by atomic mass is 35.5. The molecule has 2 saturated heterocycles. The molecule has 2 heterocycles. The third kappa shape index (κ3) is 7.11. The fourth-order valence-corrected chi connectivity index (χ4v) is 4.16. The van der Waals surface area contributed by atoms with E-state index in [0.717, 1.165) is 56.9 Å². The van der Waals surface area contributed by atoms with Gasteiger partial charge in [0.1, 0.15) is 11.9 Å². The Morgan fingerprint density at radius 2 is 1.77 bits per heavy atom. The van der Waals surface area contributed by atoms with Gasteiger partial charge in [-0.15, -0.1) is 24.8 Å². The lowest BCUT2D eigenvalue weighted by Gasteiger charge is -2.29. The number of carbonyl (C=O) groups excluding carboxylic acids is 1. The number of piperidine rings is 1. The largest absolute Gasteiger partial charge is 0.488 e. The summed E-state index contributed by atoms with van der Waals surface area (Å²) in [6, 6.07) is 15.7. The van der Waals surface area contributed by atoms with Crippen molar-refractivity contribution >= 4 is 36.4 Å². The normalized spacial score (nSPS) is 19.2. The Labute approximate surface area is 197 Å². The van der Waals surface area contributed by atoms with Crippen molar-refractivity contribution in [1.82, 2.24) is 10.2 Å². The number of likely N-dealkylation sites (tertiary alicyclic amines) is 1. The van der Waals surface area contributed by atoms with Crippen LogP contribution in [-0.2, 0) is 6.42 Å². The number of benzene rings is 2. The van der Waals surface area contributed by atoms with Crippen molar-refractivity contribution in [2.24, 2.45) is 5.92 Å². The molecule has 2 aliphatic rings. The molecule has 0 bridgehead atoms. The van der Waals surface area contributed by atoms with Gasteiger partial charge in [0.2, 0.25) is 0 Å². The van der Waals surface area contributed by atoms with Crippen LogP contribution in [-0.4, -0.2) is 50.1 Å². The number of nitrogens with one attached hydrogen (secondary N) is 2. The summed E-state index contributed by atoms with van der Waals surface area (Å²) in [5.74, 6) is 1.36. The molecule has 7 heteroatoms. The number of nitrogens with zero attached hydrogens (tertiary/aromatic N) is 1. The topological polar surface area (TPSA) is 53.6 Å². The number of para-hydroxylation sites is 2. The van der Waals surface area contributed by atoms with Gasteiger partial charge in [-0.25, -0.2) is 0 Å². The molecule has 1 atom stereocenters. The van der Waals surface area contributed by atoms with Crippen LogP contribution in [0.3, 0.4) is 0 Å². The Morgan fingerprint density at radius 3 is 2.45 bits per heavy atom. The number of halogens is 2. The molecule has 2 N–H and O–H groups in total. The molecule has 4 rings (SSSR count). The van der Waals surface area contributed by atoms with Crippen molar-refractivity contribution in [2.75, 3.05) is 38.5 Å². The van der Waals surface area contributed by atoms with Crippen LogP contribution in [0.25, 0.3) is 0 Å². The zero-order valence-electron chi connectivity index (χ0n) is 18.0. The van der Waals surface area contributed by atoms with Gasteiger partial charge < -0.3 is 20.3 Å². The van der Waals surface area contributed by atoms with E-state index in [-0.39, 0.29) is 36.8 Å². The van der Waals surface area contributed by atoms with Gasteiger partial charge in [0.15, 0.2) is 0 Å². The number of hydrogen-bond acceptors (Lipinski definition) is 4. The molecule has 0 aliphatic carbocycles. The van der Waals surface area contributed by atoms with E-state index in [1.54, 1.807) is 0 Å². The summed E-state index contributed by atoms with van der Waals surface area (Å²) < 4.78 is 6.22. The highest BCUT2D eigenvalue weighted by Crippen LogP contribution is 2.28. The Kier molecular flexibility index (Phi) is 10.1. The highest BCUT2D eigenvalue weighted by molar-refractivity contribution is 6.05. The van der Waals surface area contributed by atoms with Crippen molar-refractivity contribution in [3.05, 3.63) is 59.7 Å². The lowest BCUT2D eigenvalue weighted by atomic mass is 9.98. The van der Waals surface area contributed by atoms with E-state index in [2.05, 4.69) is 34.7 Å². The monoisotopic (exact) mass is 465 g/mol. The van der Waals surface area contributed by atoms with Crippen molar-refractivity contribution in [2.45, 2.75) is 31.8 Å². The third-order valence-electron chi connectivity index (χ3n) is 6.00. The molecule has 0 radical (unpaired) electrons. The van der Waals surface area contributed by atoms with Gasteiger partial charge >= 0.3 is 0 Å². The van der Waals surface area contributed by atoms with Crippen LogP contribution < -0.4 is 15.4 Å². The summed E-state index contributed by atoms with van der Waals surface area (Å²) in [6.45, 7) is 4.30. The van der Waals surface area contributed by atoms with E-state index in [1.807, 2.05) is 36.4 Å².